The number of benzene rings is 1. The molecule has 3 nitrogen and oxygen atoms in total. The van der Waals surface area contributed by atoms with Crippen LogP contribution in [0.25, 0.3) is 0 Å². The van der Waals surface area contributed by atoms with Crippen LogP contribution in [0, 0.1) is 0 Å². The molecule has 4 heteroatoms. The predicted molar refractivity (Wildman–Crippen MR) is 82.8 cm³/mol. The molecule has 0 aliphatic rings. The molecule has 1 aromatic rings. The van der Waals surface area contributed by atoms with Crippen LogP contribution in [0.2, 0.25) is 0 Å². The van der Waals surface area contributed by atoms with Gasteiger partial charge in [0.15, 0.2) is 0 Å². The molecule has 0 aromatic heterocycles. The zero-order valence-corrected chi connectivity index (χ0v) is 14.0. The summed E-state index contributed by atoms with van der Waals surface area (Å²) >= 11 is 3.47. The summed E-state index contributed by atoms with van der Waals surface area (Å²) in [6.45, 7) is 4.22. The van der Waals surface area contributed by atoms with E-state index in [1.54, 1.807) is 14.2 Å². The molecule has 1 atom stereocenters. The van der Waals surface area contributed by atoms with E-state index in [0.29, 0.717) is 0 Å². The first-order valence-corrected chi connectivity index (χ1v) is 7.28. The summed E-state index contributed by atoms with van der Waals surface area (Å²) in [7, 11) is 5.44. The normalized spacial score (nSPS) is 13.4. The van der Waals surface area contributed by atoms with Crippen LogP contribution in [0.1, 0.15) is 38.3 Å². The van der Waals surface area contributed by atoms with E-state index >= 15 is 0 Å². The summed E-state index contributed by atoms with van der Waals surface area (Å²) in [4.78, 5) is 0. The van der Waals surface area contributed by atoms with Crippen molar-refractivity contribution in [1.29, 1.82) is 0 Å². The van der Waals surface area contributed by atoms with E-state index in [1.165, 1.54) is 5.56 Å². The lowest BCUT2D eigenvalue weighted by Crippen LogP contribution is -2.26. The molecule has 0 aliphatic carbocycles. The highest BCUT2D eigenvalue weighted by atomic mass is 79.9. The van der Waals surface area contributed by atoms with Gasteiger partial charge in [-0.25, -0.2) is 0 Å². The first kappa shape index (κ1) is 16.5. The Morgan fingerprint density at radius 2 is 2.00 bits per heavy atom. The first-order chi connectivity index (χ1) is 8.93. The van der Waals surface area contributed by atoms with Gasteiger partial charge in [0.1, 0.15) is 5.75 Å². The SMILES string of the molecule is CNC(CCC(C)(C)OC)c1ccc(Br)cc1OC. The lowest BCUT2D eigenvalue weighted by Gasteiger charge is -2.26. The van der Waals surface area contributed by atoms with Crippen molar-refractivity contribution in [2.24, 2.45) is 0 Å². The van der Waals surface area contributed by atoms with Gasteiger partial charge in [0.25, 0.3) is 0 Å². The van der Waals surface area contributed by atoms with Crippen LogP contribution in [0.5, 0.6) is 5.75 Å². The molecule has 0 aliphatic heterocycles. The Balaban J connectivity index is 2.85. The van der Waals surface area contributed by atoms with E-state index in [9.17, 15) is 0 Å². The number of methoxy groups -OCH3 is 2. The minimum atomic E-state index is -0.0995. The van der Waals surface area contributed by atoms with Crippen molar-refractivity contribution in [1.82, 2.24) is 5.32 Å². The fraction of sp³-hybridized carbons (Fsp3) is 0.600. The van der Waals surface area contributed by atoms with Crippen LogP contribution in [-0.4, -0.2) is 26.9 Å². The zero-order valence-electron chi connectivity index (χ0n) is 12.4. The molecule has 0 heterocycles. The molecule has 1 unspecified atom stereocenters. The third-order valence-corrected chi connectivity index (χ3v) is 4.00. The summed E-state index contributed by atoms with van der Waals surface area (Å²) in [5.41, 5.74) is 1.08. The lowest BCUT2D eigenvalue weighted by atomic mass is 9.94. The monoisotopic (exact) mass is 329 g/mol. The number of hydrogen-bond acceptors (Lipinski definition) is 3. The Morgan fingerprint density at radius 3 is 2.53 bits per heavy atom. The van der Waals surface area contributed by atoms with Crippen molar-refractivity contribution in [3.8, 4) is 5.75 Å². The Hall–Kier alpha value is -0.580. The van der Waals surface area contributed by atoms with Crippen molar-refractivity contribution in [3.05, 3.63) is 28.2 Å². The Kier molecular flexibility index (Phi) is 6.30. The largest absolute Gasteiger partial charge is 0.496 e. The van der Waals surface area contributed by atoms with Crippen LogP contribution in [0.3, 0.4) is 0 Å². The summed E-state index contributed by atoms with van der Waals surface area (Å²) in [6.07, 6.45) is 1.98. The highest BCUT2D eigenvalue weighted by Crippen LogP contribution is 2.32. The molecule has 1 aromatic carbocycles. The number of ether oxygens (including phenoxy) is 2. The molecule has 0 bridgehead atoms. The van der Waals surface area contributed by atoms with Crippen LogP contribution in [0.15, 0.2) is 22.7 Å². The minimum absolute atomic E-state index is 0.0995. The summed E-state index contributed by atoms with van der Waals surface area (Å²) < 4.78 is 12.0. The molecule has 0 amide bonds. The molecule has 1 N–H and O–H groups in total. The average molecular weight is 330 g/mol. The highest BCUT2D eigenvalue weighted by Gasteiger charge is 2.21. The Labute approximate surface area is 124 Å². The van der Waals surface area contributed by atoms with Crippen LogP contribution >= 0.6 is 15.9 Å². The summed E-state index contributed by atoms with van der Waals surface area (Å²) in [6, 6.07) is 6.41. The topological polar surface area (TPSA) is 30.5 Å². The van der Waals surface area contributed by atoms with Crippen LogP contribution in [-0.2, 0) is 4.74 Å². The van der Waals surface area contributed by atoms with E-state index in [0.717, 1.165) is 23.1 Å². The quantitative estimate of drug-likeness (QED) is 0.822. The van der Waals surface area contributed by atoms with Crippen molar-refractivity contribution in [3.63, 3.8) is 0 Å². The van der Waals surface area contributed by atoms with Gasteiger partial charge in [-0.3, -0.25) is 0 Å². The predicted octanol–water partition coefficient (Wildman–Crippen LogP) is 3.92. The number of rotatable bonds is 7. The third-order valence-electron chi connectivity index (χ3n) is 3.51. The number of hydrogen-bond donors (Lipinski definition) is 1. The third kappa shape index (κ3) is 4.79. The van der Waals surface area contributed by atoms with E-state index in [1.807, 2.05) is 19.2 Å². The molecule has 0 saturated carbocycles. The van der Waals surface area contributed by atoms with Gasteiger partial charge < -0.3 is 14.8 Å². The maximum absolute atomic E-state index is 5.48. The summed E-state index contributed by atoms with van der Waals surface area (Å²) in [5.74, 6) is 0.906. The second-order valence-electron chi connectivity index (χ2n) is 5.23. The molecule has 0 radical (unpaired) electrons. The minimum Gasteiger partial charge on any atom is -0.496 e. The van der Waals surface area contributed by atoms with Gasteiger partial charge in [0, 0.05) is 23.2 Å². The maximum Gasteiger partial charge on any atom is 0.124 e. The second-order valence-corrected chi connectivity index (χ2v) is 6.15. The number of halogens is 1. The first-order valence-electron chi connectivity index (χ1n) is 6.49. The van der Waals surface area contributed by atoms with Gasteiger partial charge >= 0.3 is 0 Å². The molecule has 0 fully saturated rings. The van der Waals surface area contributed by atoms with Gasteiger partial charge in [-0.2, -0.15) is 0 Å². The van der Waals surface area contributed by atoms with Crippen molar-refractivity contribution in [2.45, 2.75) is 38.3 Å². The molecular formula is C15H24BrNO2. The van der Waals surface area contributed by atoms with Crippen molar-refractivity contribution < 1.29 is 9.47 Å². The molecule has 0 saturated heterocycles. The van der Waals surface area contributed by atoms with Gasteiger partial charge in [-0.1, -0.05) is 22.0 Å². The lowest BCUT2D eigenvalue weighted by molar-refractivity contribution is 0.0118. The molecule has 0 spiro atoms. The molecule has 19 heavy (non-hydrogen) atoms. The van der Waals surface area contributed by atoms with E-state index in [4.69, 9.17) is 9.47 Å². The smallest absolute Gasteiger partial charge is 0.124 e. The van der Waals surface area contributed by atoms with Crippen LogP contribution < -0.4 is 10.1 Å². The standard InChI is InChI=1S/C15H24BrNO2/c1-15(2,19-5)9-8-13(17-3)12-7-6-11(16)10-14(12)18-4/h6-7,10,13,17H,8-9H2,1-5H3. The summed E-state index contributed by atoms with van der Waals surface area (Å²) in [5, 5.41) is 3.36. The second kappa shape index (κ2) is 7.27. The van der Waals surface area contributed by atoms with Crippen molar-refractivity contribution >= 4 is 15.9 Å². The molecular weight excluding hydrogens is 306 g/mol. The van der Waals surface area contributed by atoms with Crippen molar-refractivity contribution in [2.75, 3.05) is 21.3 Å². The molecule has 108 valence electrons. The average Bonchev–Trinajstić information content (AvgIpc) is 2.40. The van der Waals surface area contributed by atoms with E-state index in [-0.39, 0.29) is 11.6 Å². The fourth-order valence-electron chi connectivity index (χ4n) is 2.02. The van der Waals surface area contributed by atoms with Gasteiger partial charge in [-0.15, -0.1) is 0 Å². The van der Waals surface area contributed by atoms with E-state index in [2.05, 4.69) is 41.2 Å². The highest BCUT2D eigenvalue weighted by molar-refractivity contribution is 9.10. The number of nitrogens with one attached hydrogen (secondary N) is 1. The van der Waals surface area contributed by atoms with Gasteiger partial charge in [0.2, 0.25) is 0 Å². The van der Waals surface area contributed by atoms with Gasteiger partial charge in [0.05, 0.1) is 12.7 Å². The Morgan fingerprint density at radius 1 is 1.32 bits per heavy atom. The zero-order chi connectivity index (χ0) is 14.5. The molecule has 1 rings (SSSR count). The fourth-order valence-corrected chi connectivity index (χ4v) is 2.36. The van der Waals surface area contributed by atoms with Crippen LogP contribution in [0.4, 0.5) is 0 Å². The Bertz CT molecular complexity index is 407. The maximum atomic E-state index is 5.48. The van der Waals surface area contributed by atoms with E-state index < -0.39 is 0 Å². The van der Waals surface area contributed by atoms with Gasteiger partial charge in [-0.05, 0) is 45.9 Å².